The first-order valence-electron chi connectivity index (χ1n) is 6.22. The van der Waals surface area contributed by atoms with Crippen LogP contribution in [0.5, 0.6) is 0 Å². The summed E-state index contributed by atoms with van der Waals surface area (Å²) < 4.78 is 4.27. The summed E-state index contributed by atoms with van der Waals surface area (Å²) in [4.78, 5) is 10.7. The zero-order chi connectivity index (χ0) is 13.4. The molecule has 3 rings (SSSR count). The van der Waals surface area contributed by atoms with Crippen molar-refractivity contribution in [3.63, 3.8) is 0 Å². The van der Waals surface area contributed by atoms with Crippen molar-refractivity contribution in [3.8, 4) is 11.3 Å². The van der Waals surface area contributed by atoms with E-state index in [1.807, 2.05) is 31.3 Å². The van der Waals surface area contributed by atoms with Crippen LogP contribution >= 0.6 is 0 Å². The lowest BCUT2D eigenvalue weighted by atomic mass is 10.1. The normalized spacial score (nSPS) is 10.8. The Kier molecular flexibility index (Phi) is 2.67. The molecule has 0 aliphatic heterocycles. The molecule has 0 saturated carbocycles. The average Bonchev–Trinajstić information content (AvgIpc) is 2.75. The van der Waals surface area contributed by atoms with Gasteiger partial charge in [-0.15, -0.1) is 0 Å². The molecule has 19 heavy (non-hydrogen) atoms. The summed E-state index contributed by atoms with van der Waals surface area (Å²) in [5, 5.41) is 0. The third-order valence-electron chi connectivity index (χ3n) is 3.41. The van der Waals surface area contributed by atoms with E-state index in [-0.39, 0.29) is 0 Å². The minimum atomic E-state index is 0.700. The molecule has 0 N–H and O–H groups in total. The van der Waals surface area contributed by atoms with Gasteiger partial charge in [0.05, 0.1) is 13.2 Å². The number of pyridine rings is 1. The minimum Gasteiger partial charge on any atom is -0.298 e. The molecular formula is C16H15N2O+. The molecule has 3 heteroatoms. The highest BCUT2D eigenvalue weighted by atomic mass is 16.1. The molecule has 0 unspecified atom stereocenters. The third-order valence-corrected chi connectivity index (χ3v) is 3.41. The molecule has 2 aromatic heterocycles. The van der Waals surface area contributed by atoms with Crippen LogP contribution in [0.3, 0.4) is 0 Å². The second-order valence-corrected chi connectivity index (χ2v) is 4.79. The van der Waals surface area contributed by atoms with Gasteiger partial charge in [0.25, 0.3) is 5.65 Å². The molecule has 3 aromatic rings. The molecule has 0 aliphatic carbocycles. The van der Waals surface area contributed by atoms with E-state index in [4.69, 9.17) is 0 Å². The number of hydrogen-bond acceptors (Lipinski definition) is 1. The van der Waals surface area contributed by atoms with Crippen LogP contribution in [0.1, 0.15) is 15.9 Å². The average molecular weight is 251 g/mol. The maximum absolute atomic E-state index is 10.7. The Hall–Kier alpha value is -2.42. The molecule has 2 heterocycles. The number of aldehydes is 1. The summed E-state index contributed by atoms with van der Waals surface area (Å²) in [6, 6.07) is 11.9. The lowest BCUT2D eigenvalue weighted by Crippen LogP contribution is -2.18. The van der Waals surface area contributed by atoms with Crippen molar-refractivity contribution in [2.45, 2.75) is 6.92 Å². The van der Waals surface area contributed by atoms with Gasteiger partial charge in [0.2, 0.25) is 0 Å². The van der Waals surface area contributed by atoms with E-state index in [1.54, 1.807) is 0 Å². The fourth-order valence-corrected chi connectivity index (χ4v) is 2.35. The van der Waals surface area contributed by atoms with Crippen LogP contribution in [0.25, 0.3) is 16.9 Å². The highest BCUT2D eigenvalue weighted by molar-refractivity contribution is 5.76. The van der Waals surface area contributed by atoms with E-state index in [9.17, 15) is 4.79 Å². The second kappa shape index (κ2) is 4.35. The quantitative estimate of drug-likeness (QED) is 0.508. The first-order valence-corrected chi connectivity index (χ1v) is 6.22. The largest absolute Gasteiger partial charge is 0.298 e. The van der Waals surface area contributed by atoms with Gasteiger partial charge in [0, 0.05) is 17.2 Å². The van der Waals surface area contributed by atoms with Crippen LogP contribution in [-0.2, 0) is 7.05 Å². The van der Waals surface area contributed by atoms with Crippen molar-refractivity contribution in [3.05, 3.63) is 59.9 Å². The molecule has 94 valence electrons. The monoisotopic (exact) mass is 251 g/mol. The van der Waals surface area contributed by atoms with Gasteiger partial charge < -0.3 is 0 Å². The molecule has 3 nitrogen and oxygen atoms in total. The second-order valence-electron chi connectivity index (χ2n) is 4.79. The van der Waals surface area contributed by atoms with Crippen molar-refractivity contribution >= 4 is 11.9 Å². The molecule has 0 spiro atoms. The van der Waals surface area contributed by atoms with Gasteiger partial charge in [-0.25, -0.2) is 8.97 Å². The van der Waals surface area contributed by atoms with E-state index >= 15 is 0 Å². The SMILES string of the molecule is Cc1ccc2n(C)c(-c3ccc(C=O)cc3)c[n+]2c1. The van der Waals surface area contributed by atoms with Gasteiger partial charge in [-0.05, 0) is 30.7 Å². The number of hydrogen-bond donors (Lipinski definition) is 0. The molecule has 0 bridgehead atoms. The summed E-state index contributed by atoms with van der Waals surface area (Å²) in [6.07, 6.45) is 5.08. The Morgan fingerprint density at radius 2 is 1.79 bits per heavy atom. The predicted octanol–water partition coefficient (Wildman–Crippen LogP) is 2.55. The van der Waals surface area contributed by atoms with Crippen LogP contribution in [0.4, 0.5) is 0 Å². The standard InChI is InChI=1S/C16H15N2O/c1-12-3-8-16-17(2)15(10-18(16)9-12)14-6-4-13(11-19)5-7-14/h3-11H,1-2H3/q+1. The Morgan fingerprint density at radius 3 is 2.47 bits per heavy atom. The van der Waals surface area contributed by atoms with Crippen LogP contribution < -0.4 is 4.40 Å². The van der Waals surface area contributed by atoms with Crippen LogP contribution in [-0.4, -0.2) is 10.9 Å². The number of fused-ring (bicyclic) bond motifs is 1. The summed E-state index contributed by atoms with van der Waals surface area (Å²) in [5.74, 6) is 0. The van der Waals surface area contributed by atoms with E-state index in [0.29, 0.717) is 5.56 Å². The van der Waals surface area contributed by atoms with Crippen LogP contribution in [0.2, 0.25) is 0 Å². The molecule has 0 radical (unpaired) electrons. The lowest BCUT2D eigenvalue weighted by Gasteiger charge is -1.97. The minimum absolute atomic E-state index is 0.700. The fourth-order valence-electron chi connectivity index (χ4n) is 2.35. The number of imidazole rings is 1. The Bertz CT molecular complexity index is 754. The van der Waals surface area contributed by atoms with E-state index in [1.165, 1.54) is 5.56 Å². The van der Waals surface area contributed by atoms with Crippen LogP contribution in [0.15, 0.2) is 48.8 Å². The highest BCUT2D eigenvalue weighted by Gasteiger charge is 2.15. The van der Waals surface area contributed by atoms with Gasteiger partial charge in [-0.2, -0.15) is 0 Å². The molecular weight excluding hydrogens is 236 g/mol. The number of benzene rings is 1. The van der Waals surface area contributed by atoms with Crippen molar-refractivity contribution in [2.24, 2.45) is 7.05 Å². The summed E-state index contributed by atoms with van der Waals surface area (Å²) >= 11 is 0. The first-order chi connectivity index (χ1) is 9.19. The topological polar surface area (TPSA) is 26.1 Å². The highest BCUT2D eigenvalue weighted by Crippen LogP contribution is 2.20. The van der Waals surface area contributed by atoms with Crippen molar-refractivity contribution in [1.82, 2.24) is 4.57 Å². The molecule has 0 fully saturated rings. The number of rotatable bonds is 2. The Balaban J connectivity index is 2.18. The number of aromatic nitrogens is 2. The number of carbonyl (C=O) groups excluding carboxylic acids is 1. The van der Waals surface area contributed by atoms with Gasteiger partial charge in [0.1, 0.15) is 12.5 Å². The first kappa shape index (κ1) is 11.7. The Labute approximate surface area is 111 Å². The molecule has 1 aromatic carbocycles. The molecule has 0 saturated heterocycles. The zero-order valence-electron chi connectivity index (χ0n) is 11.0. The van der Waals surface area contributed by atoms with Crippen molar-refractivity contribution in [1.29, 1.82) is 0 Å². The summed E-state index contributed by atoms with van der Waals surface area (Å²) in [6.45, 7) is 2.08. The fraction of sp³-hybridized carbons (Fsp3) is 0.125. The van der Waals surface area contributed by atoms with Crippen LogP contribution in [0, 0.1) is 6.92 Å². The predicted molar refractivity (Wildman–Crippen MR) is 74.1 cm³/mol. The van der Waals surface area contributed by atoms with E-state index in [0.717, 1.165) is 23.2 Å². The number of carbonyl (C=O) groups is 1. The Morgan fingerprint density at radius 1 is 1.05 bits per heavy atom. The van der Waals surface area contributed by atoms with Crippen molar-refractivity contribution < 1.29 is 9.20 Å². The summed E-state index contributed by atoms with van der Waals surface area (Å²) in [7, 11) is 2.05. The maximum atomic E-state index is 10.7. The smallest absolute Gasteiger partial charge is 0.286 e. The van der Waals surface area contributed by atoms with Gasteiger partial charge in [-0.3, -0.25) is 4.79 Å². The van der Waals surface area contributed by atoms with Gasteiger partial charge in [0.15, 0.2) is 5.69 Å². The lowest BCUT2D eigenvalue weighted by molar-refractivity contribution is -0.510. The van der Waals surface area contributed by atoms with E-state index < -0.39 is 0 Å². The van der Waals surface area contributed by atoms with E-state index in [2.05, 4.69) is 40.4 Å². The molecule has 0 amide bonds. The molecule has 0 atom stereocenters. The number of aryl methyl sites for hydroxylation is 2. The number of nitrogens with zero attached hydrogens (tertiary/aromatic N) is 2. The zero-order valence-corrected chi connectivity index (χ0v) is 11.0. The maximum Gasteiger partial charge on any atom is 0.286 e. The van der Waals surface area contributed by atoms with Gasteiger partial charge in [-0.1, -0.05) is 12.1 Å². The van der Waals surface area contributed by atoms with Crippen molar-refractivity contribution in [2.75, 3.05) is 0 Å². The third kappa shape index (κ3) is 1.93. The molecule has 0 aliphatic rings. The van der Waals surface area contributed by atoms with Gasteiger partial charge >= 0.3 is 0 Å². The summed E-state index contributed by atoms with van der Waals surface area (Å²) in [5.41, 5.74) is 5.30.